The summed E-state index contributed by atoms with van der Waals surface area (Å²) in [6.07, 6.45) is 0.579. The number of ether oxygens (including phenoxy) is 1. The number of hydrogen-bond donors (Lipinski definition) is 0. The van der Waals surface area contributed by atoms with E-state index in [9.17, 15) is 4.79 Å². The fraction of sp³-hybridized carbons (Fsp3) is 0.462. The molecule has 0 saturated carbocycles. The van der Waals surface area contributed by atoms with Gasteiger partial charge in [-0.25, -0.2) is 0 Å². The van der Waals surface area contributed by atoms with Gasteiger partial charge in [-0.15, -0.1) is 0 Å². The van der Waals surface area contributed by atoms with Crippen molar-refractivity contribution in [2.45, 2.75) is 25.5 Å². The molecule has 1 fully saturated rings. The number of benzene rings is 1. The van der Waals surface area contributed by atoms with E-state index in [2.05, 4.69) is 0 Å². The highest BCUT2D eigenvalue weighted by atomic mass is 16.7. The van der Waals surface area contributed by atoms with Crippen molar-refractivity contribution in [1.82, 2.24) is 5.06 Å². The standard InChI is InChI=1S/C13H17NO3/c1-3-16-13(15)11-9-12(17-14(11)2)10-7-5-4-6-8-10/h4-8,11-12H,3,9H2,1-2H3/t11-,12-/m0/s1. The monoisotopic (exact) mass is 235 g/mol. The minimum Gasteiger partial charge on any atom is -0.465 e. The molecule has 0 aromatic heterocycles. The average Bonchev–Trinajstić information content (AvgIpc) is 2.73. The zero-order valence-corrected chi connectivity index (χ0v) is 10.1. The van der Waals surface area contributed by atoms with E-state index in [-0.39, 0.29) is 18.1 Å². The summed E-state index contributed by atoms with van der Waals surface area (Å²) >= 11 is 0. The van der Waals surface area contributed by atoms with Gasteiger partial charge in [-0.3, -0.25) is 9.63 Å². The van der Waals surface area contributed by atoms with Crippen molar-refractivity contribution in [2.24, 2.45) is 0 Å². The molecule has 0 bridgehead atoms. The highest BCUT2D eigenvalue weighted by Gasteiger charge is 2.37. The van der Waals surface area contributed by atoms with Crippen molar-refractivity contribution >= 4 is 5.97 Å². The van der Waals surface area contributed by atoms with Gasteiger partial charge in [0, 0.05) is 13.5 Å². The van der Waals surface area contributed by atoms with Crippen LogP contribution in [0, 0.1) is 0 Å². The van der Waals surface area contributed by atoms with Crippen LogP contribution in [0.1, 0.15) is 25.0 Å². The lowest BCUT2D eigenvalue weighted by molar-refractivity contribution is -0.172. The molecule has 4 heteroatoms. The molecule has 2 rings (SSSR count). The van der Waals surface area contributed by atoms with E-state index in [1.54, 1.807) is 12.1 Å². The summed E-state index contributed by atoms with van der Waals surface area (Å²) in [6, 6.07) is 9.61. The van der Waals surface area contributed by atoms with Crippen LogP contribution >= 0.6 is 0 Å². The number of hydroxylamine groups is 2. The molecule has 17 heavy (non-hydrogen) atoms. The van der Waals surface area contributed by atoms with E-state index in [0.29, 0.717) is 13.0 Å². The number of rotatable bonds is 3. The van der Waals surface area contributed by atoms with Crippen LogP contribution in [0.25, 0.3) is 0 Å². The number of carbonyl (C=O) groups is 1. The van der Waals surface area contributed by atoms with E-state index in [0.717, 1.165) is 5.56 Å². The van der Waals surface area contributed by atoms with Gasteiger partial charge in [-0.2, -0.15) is 5.06 Å². The Morgan fingerprint density at radius 1 is 1.47 bits per heavy atom. The topological polar surface area (TPSA) is 38.8 Å². The predicted molar refractivity (Wildman–Crippen MR) is 63.1 cm³/mol. The molecule has 1 aliphatic heterocycles. The Kier molecular flexibility index (Phi) is 3.76. The molecule has 0 radical (unpaired) electrons. The molecule has 1 saturated heterocycles. The average molecular weight is 235 g/mol. The Hall–Kier alpha value is -1.39. The van der Waals surface area contributed by atoms with E-state index >= 15 is 0 Å². The zero-order chi connectivity index (χ0) is 12.3. The lowest BCUT2D eigenvalue weighted by Gasteiger charge is -2.15. The minimum absolute atomic E-state index is 0.0596. The van der Waals surface area contributed by atoms with Crippen LogP contribution in [0.3, 0.4) is 0 Å². The van der Waals surface area contributed by atoms with Crippen molar-refractivity contribution < 1.29 is 14.4 Å². The molecule has 0 spiro atoms. The van der Waals surface area contributed by atoms with E-state index in [1.807, 2.05) is 37.3 Å². The quantitative estimate of drug-likeness (QED) is 0.750. The Labute approximate surface area is 101 Å². The SMILES string of the molecule is CCOC(=O)[C@@H]1C[C@@H](c2ccccc2)ON1C. The molecule has 1 aromatic carbocycles. The van der Waals surface area contributed by atoms with Crippen LogP contribution in [-0.2, 0) is 14.4 Å². The highest BCUT2D eigenvalue weighted by Crippen LogP contribution is 2.32. The first-order chi connectivity index (χ1) is 8.22. The number of likely N-dealkylation sites (N-methyl/N-ethyl adjacent to an activating group) is 1. The molecule has 0 unspecified atom stereocenters. The van der Waals surface area contributed by atoms with E-state index < -0.39 is 0 Å². The Morgan fingerprint density at radius 3 is 2.82 bits per heavy atom. The van der Waals surface area contributed by atoms with Crippen LogP contribution in [0.15, 0.2) is 30.3 Å². The normalized spacial score (nSPS) is 24.8. The molecule has 2 atom stereocenters. The van der Waals surface area contributed by atoms with E-state index in [4.69, 9.17) is 9.57 Å². The first kappa shape index (κ1) is 12.1. The Balaban J connectivity index is 2.04. The van der Waals surface area contributed by atoms with Gasteiger partial charge in [-0.05, 0) is 12.5 Å². The molecule has 1 heterocycles. The molecule has 4 nitrogen and oxygen atoms in total. The fourth-order valence-corrected chi connectivity index (χ4v) is 2.02. The summed E-state index contributed by atoms with van der Waals surface area (Å²) in [5.74, 6) is -0.214. The maximum absolute atomic E-state index is 11.7. The Morgan fingerprint density at radius 2 is 2.18 bits per heavy atom. The van der Waals surface area contributed by atoms with Crippen LogP contribution in [0.4, 0.5) is 0 Å². The number of esters is 1. The first-order valence-electron chi connectivity index (χ1n) is 5.83. The molecule has 0 aliphatic carbocycles. The third-order valence-electron chi connectivity index (χ3n) is 2.90. The molecule has 0 amide bonds. The highest BCUT2D eigenvalue weighted by molar-refractivity contribution is 5.75. The smallest absolute Gasteiger partial charge is 0.325 e. The van der Waals surface area contributed by atoms with Gasteiger partial charge in [0.1, 0.15) is 12.1 Å². The molecule has 1 aliphatic rings. The zero-order valence-electron chi connectivity index (χ0n) is 10.1. The molecule has 0 N–H and O–H groups in total. The summed E-state index contributed by atoms with van der Waals surface area (Å²) in [4.78, 5) is 17.3. The number of hydrogen-bond acceptors (Lipinski definition) is 4. The van der Waals surface area contributed by atoms with Gasteiger partial charge < -0.3 is 4.74 Å². The van der Waals surface area contributed by atoms with Crippen molar-refractivity contribution in [1.29, 1.82) is 0 Å². The third-order valence-corrected chi connectivity index (χ3v) is 2.90. The molecule has 92 valence electrons. The summed E-state index contributed by atoms with van der Waals surface area (Å²) in [5, 5.41) is 1.59. The second-order valence-corrected chi connectivity index (χ2v) is 4.05. The van der Waals surface area contributed by atoms with Crippen molar-refractivity contribution in [3.8, 4) is 0 Å². The first-order valence-corrected chi connectivity index (χ1v) is 5.83. The van der Waals surface area contributed by atoms with Gasteiger partial charge in [0.05, 0.1) is 6.61 Å². The summed E-state index contributed by atoms with van der Waals surface area (Å²) in [6.45, 7) is 2.21. The molecule has 1 aromatic rings. The summed E-state index contributed by atoms with van der Waals surface area (Å²) in [7, 11) is 1.77. The van der Waals surface area contributed by atoms with Crippen molar-refractivity contribution in [3.63, 3.8) is 0 Å². The predicted octanol–water partition coefficient (Wildman–Crippen LogP) is 1.93. The van der Waals surface area contributed by atoms with Crippen LogP contribution in [0.2, 0.25) is 0 Å². The third kappa shape index (κ3) is 2.65. The minimum atomic E-state index is -0.305. The van der Waals surface area contributed by atoms with Crippen molar-refractivity contribution in [3.05, 3.63) is 35.9 Å². The lowest BCUT2D eigenvalue weighted by atomic mass is 10.0. The Bertz CT molecular complexity index is 380. The maximum Gasteiger partial charge on any atom is 0.325 e. The van der Waals surface area contributed by atoms with Crippen LogP contribution in [-0.4, -0.2) is 30.7 Å². The second kappa shape index (κ2) is 5.29. The van der Waals surface area contributed by atoms with Gasteiger partial charge in [0.25, 0.3) is 0 Å². The van der Waals surface area contributed by atoms with Gasteiger partial charge in [0.15, 0.2) is 0 Å². The fourth-order valence-electron chi connectivity index (χ4n) is 2.02. The van der Waals surface area contributed by atoms with Crippen LogP contribution < -0.4 is 0 Å². The van der Waals surface area contributed by atoms with Gasteiger partial charge >= 0.3 is 5.97 Å². The van der Waals surface area contributed by atoms with Gasteiger partial charge in [0.2, 0.25) is 0 Å². The second-order valence-electron chi connectivity index (χ2n) is 4.05. The maximum atomic E-state index is 11.7. The van der Waals surface area contributed by atoms with Gasteiger partial charge in [-0.1, -0.05) is 30.3 Å². The summed E-state index contributed by atoms with van der Waals surface area (Å²) < 4.78 is 5.02. The number of carbonyl (C=O) groups excluding carboxylic acids is 1. The molecular weight excluding hydrogens is 218 g/mol. The summed E-state index contributed by atoms with van der Waals surface area (Å²) in [5.41, 5.74) is 1.09. The van der Waals surface area contributed by atoms with E-state index in [1.165, 1.54) is 0 Å². The molecular formula is C13H17NO3. The largest absolute Gasteiger partial charge is 0.465 e. The number of nitrogens with zero attached hydrogens (tertiary/aromatic N) is 1. The van der Waals surface area contributed by atoms with Crippen molar-refractivity contribution in [2.75, 3.05) is 13.7 Å². The van der Waals surface area contributed by atoms with Crippen LogP contribution in [0.5, 0.6) is 0 Å². The lowest BCUT2D eigenvalue weighted by Crippen LogP contribution is -2.33.